The Labute approximate surface area is 126 Å². The molecule has 1 atom stereocenters. The number of benzene rings is 1. The fraction of sp³-hybridized carbons (Fsp3) is 0.600. The molecular weight excluding hydrogens is 278 g/mol. The van der Waals surface area contributed by atoms with Crippen LogP contribution in [0, 0.1) is 0 Å². The van der Waals surface area contributed by atoms with Gasteiger partial charge in [-0.2, -0.15) is 0 Å². The minimum absolute atomic E-state index is 0. The Bertz CT molecular complexity index is 408. The Morgan fingerprint density at radius 1 is 1.40 bits per heavy atom. The zero-order valence-electron chi connectivity index (χ0n) is 11.9. The van der Waals surface area contributed by atoms with E-state index in [9.17, 15) is 5.11 Å². The molecule has 1 aromatic rings. The smallest absolute Gasteiger partial charge is 0.119 e. The van der Waals surface area contributed by atoms with Crippen molar-refractivity contribution >= 4 is 12.4 Å². The molecule has 1 aliphatic rings. The van der Waals surface area contributed by atoms with Crippen molar-refractivity contribution in [3.05, 3.63) is 29.8 Å². The maximum Gasteiger partial charge on any atom is 0.119 e. The average Bonchev–Trinajstić information content (AvgIpc) is 2.48. The van der Waals surface area contributed by atoms with Gasteiger partial charge in [-0.3, -0.25) is 0 Å². The fourth-order valence-electron chi connectivity index (χ4n) is 2.89. The monoisotopic (exact) mass is 301 g/mol. The summed E-state index contributed by atoms with van der Waals surface area (Å²) in [5.41, 5.74) is 7.21. The number of hydrogen-bond donors (Lipinski definition) is 2. The minimum atomic E-state index is -0.190. The highest BCUT2D eigenvalue weighted by Gasteiger charge is 2.36. The lowest BCUT2D eigenvalue weighted by atomic mass is 9.70. The Morgan fingerprint density at radius 3 is 2.70 bits per heavy atom. The highest BCUT2D eigenvalue weighted by Crippen LogP contribution is 2.39. The van der Waals surface area contributed by atoms with Crippen LogP contribution >= 0.6 is 12.4 Å². The SMILES string of the molecule is COc1cccc(C2(CC(N)CO)CCOCC2)c1.Cl. The molecule has 3 N–H and O–H groups in total. The van der Waals surface area contributed by atoms with Crippen molar-refractivity contribution in [2.45, 2.75) is 30.7 Å². The first-order valence-corrected chi connectivity index (χ1v) is 6.79. The third kappa shape index (κ3) is 3.85. The van der Waals surface area contributed by atoms with Gasteiger partial charge >= 0.3 is 0 Å². The number of halogens is 1. The summed E-state index contributed by atoms with van der Waals surface area (Å²) in [4.78, 5) is 0. The first kappa shape index (κ1) is 17.2. The fourth-order valence-corrected chi connectivity index (χ4v) is 2.89. The van der Waals surface area contributed by atoms with Crippen molar-refractivity contribution in [3.63, 3.8) is 0 Å². The maximum absolute atomic E-state index is 9.25. The molecule has 0 aromatic heterocycles. The van der Waals surface area contributed by atoms with Gasteiger partial charge in [-0.25, -0.2) is 0 Å². The molecule has 1 aromatic carbocycles. The molecule has 1 aliphatic heterocycles. The van der Waals surface area contributed by atoms with Crippen molar-refractivity contribution in [1.29, 1.82) is 0 Å². The number of aliphatic hydroxyl groups excluding tert-OH is 1. The average molecular weight is 302 g/mol. The molecule has 0 aliphatic carbocycles. The van der Waals surface area contributed by atoms with Gasteiger partial charge in [0.2, 0.25) is 0 Å². The number of aliphatic hydroxyl groups is 1. The van der Waals surface area contributed by atoms with E-state index in [0.717, 1.165) is 38.2 Å². The van der Waals surface area contributed by atoms with Gasteiger partial charge in [0, 0.05) is 24.7 Å². The summed E-state index contributed by atoms with van der Waals surface area (Å²) in [6.45, 7) is 1.51. The topological polar surface area (TPSA) is 64.7 Å². The highest BCUT2D eigenvalue weighted by molar-refractivity contribution is 5.85. The second kappa shape index (κ2) is 7.84. The molecule has 114 valence electrons. The van der Waals surface area contributed by atoms with E-state index in [4.69, 9.17) is 15.2 Å². The second-order valence-electron chi connectivity index (χ2n) is 5.27. The molecule has 0 bridgehead atoms. The Balaban J connectivity index is 0.00000200. The molecule has 1 saturated heterocycles. The number of hydrogen-bond acceptors (Lipinski definition) is 4. The van der Waals surface area contributed by atoms with Crippen LogP contribution in [0.3, 0.4) is 0 Å². The molecule has 5 heteroatoms. The Morgan fingerprint density at radius 2 is 2.10 bits per heavy atom. The van der Waals surface area contributed by atoms with E-state index in [0.29, 0.717) is 0 Å². The Hall–Kier alpha value is -0.810. The molecule has 0 saturated carbocycles. The lowest BCUT2D eigenvalue weighted by Gasteiger charge is -2.39. The van der Waals surface area contributed by atoms with E-state index in [2.05, 4.69) is 12.1 Å². The lowest BCUT2D eigenvalue weighted by molar-refractivity contribution is 0.0415. The van der Waals surface area contributed by atoms with Crippen LogP contribution in [0.4, 0.5) is 0 Å². The first-order valence-electron chi connectivity index (χ1n) is 6.79. The van der Waals surface area contributed by atoms with Gasteiger partial charge in [-0.1, -0.05) is 12.1 Å². The van der Waals surface area contributed by atoms with E-state index in [1.165, 1.54) is 5.56 Å². The van der Waals surface area contributed by atoms with Crippen molar-refractivity contribution in [1.82, 2.24) is 0 Å². The zero-order chi connectivity index (χ0) is 13.7. The van der Waals surface area contributed by atoms with Gasteiger partial charge < -0.3 is 20.3 Å². The molecule has 4 nitrogen and oxygen atoms in total. The molecule has 0 radical (unpaired) electrons. The number of rotatable bonds is 5. The van der Waals surface area contributed by atoms with Crippen LogP contribution in [0.25, 0.3) is 0 Å². The quantitative estimate of drug-likeness (QED) is 0.871. The third-order valence-electron chi connectivity index (χ3n) is 4.02. The predicted molar refractivity (Wildman–Crippen MR) is 81.7 cm³/mol. The summed E-state index contributed by atoms with van der Waals surface area (Å²) in [5.74, 6) is 0.862. The van der Waals surface area contributed by atoms with Crippen molar-refractivity contribution in [3.8, 4) is 5.75 Å². The predicted octanol–water partition coefficient (Wildman–Crippen LogP) is 1.87. The molecule has 1 fully saturated rings. The summed E-state index contributed by atoms with van der Waals surface area (Å²) in [6, 6.07) is 7.97. The molecule has 0 amide bonds. The van der Waals surface area contributed by atoms with Crippen LogP contribution in [-0.2, 0) is 10.2 Å². The van der Waals surface area contributed by atoms with Crippen LogP contribution in [0.5, 0.6) is 5.75 Å². The second-order valence-corrected chi connectivity index (χ2v) is 5.27. The first-order chi connectivity index (χ1) is 9.20. The van der Waals surface area contributed by atoms with E-state index in [1.807, 2.05) is 12.1 Å². The van der Waals surface area contributed by atoms with Gasteiger partial charge in [0.05, 0.1) is 13.7 Å². The largest absolute Gasteiger partial charge is 0.497 e. The van der Waals surface area contributed by atoms with Gasteiger partial charge in [-0.15, -0.1) is 12.4 Å². The third-order valence-corrected chi connectivity index (χ3v) is 4.02. The summed E-state index contributed by atoms with van der Waals surface area (Å²) in [6.07, 6.45) is 2.65. The van der Waals surface area contributed by atoms with Crippen LogP contribution in [0.1, 0.15) is 24.8 Å². The number of ether oxygens (including phenoxy) is 2. The van der Waals surface area contributed by atoms with Gasteiger partial charge in [0.25, 0.3) is 0 Å². The molecule has 1 heterocycles. The minimum Gasteiger partial charge on any atom is -0.497 e. The molecule has 0 spiro atoms. The maximum atomic E-state index is 9.25. The standard InChI is InChI=1S/C15H23NO3.ClH/c1-18-14-4-2-3-12(9-14)15(10-13(16)11-17)5-7-19-8-6-15;/h2-4,9,13,17H,5-8,10-11,16H2,1H3;1H. The summed E-state index contributed by atoms with van der Waals surface area (Å²) in [5, 5.41) is 9.25. The van der Waals surface area contributed by atoms with Crippen LogP contribution in [-0.4, -0.2) is 38.1 Å². The van der Waals surface area contributed by atoms with Gasteiger partial charge in [0.15, 0.2) is 0 Å². The normalized spacial score (nSPS) is 18.9. The lowest BCUT2D eigenvalue weighted by Crippen LogP contribution is -2.41. The zero-order valence-corrected chi connectivity index (χ0v) is 12.7. The molecule has 20 heavy (non-hydrogen) atoms. The summed E-state index contributed by atoms with van der Waals surface area (Å²) in [7, 11) is 1.68. The summed E-state index contributed by atoms with van der Waals surface area (Å²) < 4.78 is 10.8. The van der Waals surface area contributed by atoms with Crippen molar-refractivity contribution in [2.75, 3.05) is 26.9 Å². The van der Waals surface area contributed by atoms with Crippen LogP contribution in [0.2, 0.25) is 0 Å². The van der Waals surface area contributed by atoms with Crippen LogP contribution < -0.4 is 10.5 Å². The van der Waals surface area contributed by atoms with Crippen molar-refractivity contribution < 1.29 is 14.6 Å². The van der Waals surface area contributed by atoms with Crippen LogP contribution in [0.15, 0.2) is 24.3 Å². The van der Waals surface area contributed by atoms with Gasteiger partial charge in [0.1, 0.15) is 5.75 Å². The number of nitrogens with two attached hydrogens (primary N) is 1. The molecule has 1 unspecified atom stereocenters. The van der Waals surface area contributed by atoms with E-state index in [-0.39, 0.29) is 30.5 Å². The Kier molecular flexibility index (Phi) is 6.76. The molecular formula is C15H24ClNO3. The molecule has 2 rings (SSSR count). The number of methoxy groups -OCH3 is 1. The van der Waals surface area contributed by atoms with E-state index < -0.39 is 0 Å². The highest BCUT2D eigenvalue weighted by atomic mass is 35.5. The van der Waals surface area contributed by atoms with E-state index in [1.54, 1.807) is 7.11 Å². The van der Waals surface area contributed by atoms with E-state index >= 15 is 0 Å². The van der Waals surface area contributed by atoms with Gasteiger partial charge in [-0.05, 0) is 37.0 Å². The summed E-state index contributed by atoms with van der Waals surface area (Å²) >= 11 is 0. The van der Waals surface area contributed by atoms with Crippen molar-refractivity contribution in [2.24, 2.45) is 5.73 Å².